The Labute approximate surface area is 122 Å². The number of ether oxygens (including phenoxy) is 1. The highest BCUT2D eigenvalue weighted by Crippen LogP contribution is 2.29. The largest absolute Gasteiger partial charge is 0.465 e. The van der Waals surface area contributed by atoms with Crippen LogP contribution in [0.1, 0.15) is 30.1 Å². The second-order valence-corrected chi connectivity index (χ2v) is 5.22. The quantitative estimate of drug-likeness (QED) is 0.858. The highest BCUT2D eigenvalue weighted by Gasteiger charge is 2.35. The molecule has 0 radical (unpaired) electrons. The van der Waals surface area contributed by atoms with E-state index in [0.29, 0.717) is 12.2 Å². The van der Waals surface area contributed by atoms with E-state index in [0.717, 1.165) is 23.7 Å². The van der Waals surface area contributed by atoms with Gasteiger partial charge in [0.25, 0.3) is 5.91 Å². The normalized spacial score (nSPS) is 14.1. The molecule has 0 unspecified atom stereocenters. The summed E-state index contributed by atoms with van der Waals surface area (Å²) in [6, 6.07) is 7.70. The Morgan fingerprint density at radius 3 is 2.86 bits per heavy atom. The smallest absolute Gasteiger partial charge is 0.325 e. The maximum Gasteiger partial charge on any atom is 0.325 e. The SMILES string of the molecule is CCOC(=O)CN(C(=O)c1cccc2cc[nH]c12)C1CC1. The fraction of sp³-hybridized carbons (Fsp3) is 0.375. The van der Waals surface area contributed by atoms with Crippen molar-refractivity contribution >= 4 is 22.8 Å². The molecule has 2 aromatic rings. The average Bonchev–Trinajstić information content (AvgIpc) is 3.20. The molecule has 5 nitrogen and oxygen atoms in total. The van der Waals surface area contributed by atoms with Gasteiger partial charge in [0.1, 0.15) is 6.54 Å². The first-order valence-electron chi connectivity index (χ1n) is 7.23. The molecule has 0 aliphatic heterocycles. The monoisotopic (exact) mass is 286 g/mol. The van der Waals surface area contributed by atoms with Crippen LogP contribution in [-0.2, 0) is 9.53 Å². The lowest BCUT2D eigenvalue weighted by Crippen LogP contribution is -2.38. The number of benzene rings is 1. The van der Waals surface area contributed by atoms with Crippen LogP contribution in [0, 0.1) is 0 Å². The molecule has 1 heterocycles. The molecule has 1 aliphatic rings. The number of aromatic nitrogens is 1. The zero-order valence-corrected chi connectivity index (χ0v) is 12.0. The topological polar surface area (TPSA) is 62.4 Å². The van der Waals surface area contributed by atoms with Gasteiger partial charge in [0.05, 0.1) is 17.7 Å². The van der Waals surface area contributed by atoms with E-state index >= 15 is 0 Å². The number of rotatable bonds is 5. The van der Waals surface area contributed by atoms with Crippen LogP contribution >= 0.6 is 0 Å². The Morgan fingerprint density at radius 1 is 1.33 bits per heavy atom. The average molecular weight is 286 g/mol. The Morgan fingerprint density at radius 2 is 2.14 bits per heavy atom. The van der Waals surface area contributed by atoms with Crippen LogP contribution in [0.4, 0.5) is 0 Å². The van der Waals surface area contributed by atoms with E-state index in [1.54, 1.807) is 17.9 Å². The summed E-state index contributed by atoms with van der Waals surface area (Å²) >= 11 is 0. The van der Waals surface area contributed by atoms with Crippen LogP contribution in [0.25, 0.3) is 10.9 Å². The van der Waals surface area contributed by atoms with E-state index in [2.05, 4.69) is 4.98 Å². The fourth-order valence-corrected chi connectivity index (χ4v) is 2.52. The van der Waals surface area contributed by atoms with Crippen LogP contribution in [0.3, 0.4) is 0 Å². The molecule has 5 heteroatoms. The number of H-pyrrole nitrogens is 1. The molecular weight excluding hydrogens is 268 g/mol. The third-order valence-corrected chi connectivity index (χ3v) is 3.67. The molecule has 0 spiro atoms. The highest BCUT2D eigenvalue weighted by atomic mass is 16.5. The van der Waals surface area contributed by atoms with Gasteiger partial charge in [0.15, 0.2) is 0 Å². The summed E-state index contributed by atoms with van der Waals surface area (Å²) in [5.74, 6) is -0.463. The molecule has 1 saturated carbocycles. The lowest BCUT2D eigenvalue weighted by atomic mass is 10.1. The number of carbonyl (C=O) groups excluding carboxylic acids is 2. The minimum atomic E-state index is -0.351. The summed E-state index contributed by atoms with van der Waals surface area (Å²) in [6.07, 6.45) is 3.71. The lowest BCUT2D eigenvalue weighted by molar-refractivity contribution is -0.144. The number of hydrogen-bond donors (Lipinski definition) is 1. The van der Waals surface area contributed by atoms with Crippen molar-refractivity contribution in [2.75, 3.05) is 13.2 Å². The Bertz CT molecular complexity index is 673. The summed E-state index contributed by atoms with van der Waals surface area (Å²) in [5.41, 5.74) is 1.42. The van der Waals surface area contributed by atoms with Gasteiger partial charge in [-0.15, -0.1) is 0 Å². The summed E-state index contributed by atoms with van der Waals surface area (Å²) in [6.45, 7) is 2.12. The standard InChI is InChI=1S/C16H18N2O3/c1-2-21-14(19)10-18(12-6-7-12)16(20)13-5-3-4-11-8-9-17-15(11)13/h3-5,8-9,12,17H,2,6-7,10H2,1H3. The fourth-order valence-electron chi connectivity index (χ4n) is 2.52. The molecule has 1 N–H and O–H groups in total. The zero-order valence-electron chi connectivity index (χ0n) is 12.0. The molecule has 1 aromatic carbocycles. The molecule has 3 rings (SSSR count). The van der Waals surface area contributed by atoms with Crippen molar-refractivity contribution in [3.8, 4) is 0 Å². The van der Waals surface area contributed by atoms with Crippen LogP contribution in [0.5, 0.6) is 0 Å². The van der Waals surface area contributed by atoms with Gasteiger partial charge in [-0.05, 0) is 31.9 Å². The first kappa shape index (κ1) is 13.7. The van der Waals surface area contributed by atoms with Gasteiger partial charge in [0, 0.05) is 17.6 Å². The Balaban J connectivity index is 1.87. The number of para-hydroxylation sites is 1. The van der Waals surface area contributed by atoms with E-state index < -0.39 is 0 Å². The minimum Gasteiger partial charge on any atom is -0.465 e. The van der Waals surface area contributed by atoms with Crippen molar-refractivity contribution in [2.45, 2.75) is 25.8 Å². The molecule has 1 aromatic heterocycles. The molecule has 21 heavy (non-hydrogen) atoms. The van der Waals surface area contributed by atoms with Crippen molar-refractivity contribution in [2.24, 2.45) is 0 Å². The molecule has 0 bridgehead atoms. The number of aromatic amines is 1. The van der Waals surface area contributed by atoms with Crippen LogP contribution in [0.2, 0.25) is 0 Å². The Hall–Kier alpha value is -2.30. The van der Waals surface area contributed by atoms with Gasteiger partial charge in [-0.1, -0.05) is 12.1 Å². The number of fused-ring (bicyclic) bond motifs is 1. The number of nitrogens with one attached hydrogen (secondary N) is 1. The van der Waals surface area contributed by atoms with Crippen LogP contribution in [-0.4, -0.2) is 41.0 Å². The van der Waals surface area contributed by atoms with E-state index in [4.69, 9.17) is 4.74 Å². The number of carbonyl (C=O) groups is 2. The van der Waals surface area contributed by atoms with Crippen molar-refractivity contribution in [3.63, 3.8) is 0 Å². The third kappa shape index (κ3) is 2.77. The van der Waals surface area contributed by atoms with Crippen molar-refractivity contribution in [1.29, 1.82) is 0 Å². The van der Waals surface area contributed by atoms with Crippen molar-refractivity contribution in [3.05, 3.63) is 36.0 Å². The third-order valence-electron chi connectivity index (χ3n) is 3.67. The molecule has 1 aliphatic carbocycles. The van der Waals surface area contributed by atoms with Crippen LogP contribution in [0.15, 0.2) is 30.5 Å². The van der Waals surface area contributed by atoms with Gasteiger partial charge in [-0.25, -0.2) is 0 Å². The first-order valence-corrected chi connectivity index (χ1v) is 7.23. The molecule has 0 atom stereocenters. The van der Waals surface area contributed by atoms with E-state index in [1.807, 2.05) is 24.4 Å². The predicted octanol–water partition coefficient (Wildman–Crippen LogP) is 2.34. The highest BCUT2D eigenvalue weighted by molar-refractivity contribution is 6.06. The van der Waals surface area contributed by atoms with Gasteiger partial charge >= 0.3 is 5.97 Å². The second-order valence-electron chi connectivity index (χ2n) is 5.22. The van der Waals surface area contributed by atoms with Crippen LogP contribution < -0.4 is 0 Å². The summed E-state index contributed by atoms with van der Waals surface area (Å²) in [7, 11) is 0. The van der Waals surface area contributed by atoms with Gasteiger partial charge in [-0.2, -0.15) is 0 Å². The van der Waals surface area contributed by atoms with Gasteiger partial charge in [-0.3, -0.25) is 9.59 Å². The summed E-state index contributed by atoms with van der Waals surface area (Å²) < 4.78 is 4.97. The second kappa shape index (κ2) is 5.60. The van der Waals surface area contributed by atoms with Crippen molar-refractivity contribution in [1.82, 2.24) is 9.88 Å². The number of amides is 1. The first-order chi connectivity index (χ1) is 10.2. The minimum absolute atomic E-state index is 0.0223. The molecule has 0 saturated heterocycles. The molecule has 1 amide bonds. The van der Waals surface area contributed by atoms with E-state index in [-0.39, 0.29) is 24.5 Å². The number of esters is 1. The summed E-state index contributed by atoms with van der Waals surface area (Å²) in [5, 5.41) is 0.993. The summed E-state index contributed by atoms with van der Waals surface area (Å²) in [4.78, 5) is 29.2. The van der Waals surface area contributed by atoms with E-state index in [9.17, 15) is 9.59 Å². The van der Waals surface area contributed by atoms with Gasteiger partial charge in [0.2, 0.25) is 0 Å². The number of nitrogens with zero attached hydrogens (tertiary/aromatic N) is 1. The zero-order chi connectivity index (χ0) is 14.8. The maximum absolute atomic E-state index is 12.8. The molecule has 1 fully saturated rings. The number of hydrogen-bond acceptors (Lipinski definition) is 3. The molecule has 110 valence electrons. The van der Waals surface area contributed by atoms with E-state index in [1.165, 1.54) is 0 Å². The Kier molecular flexibility index (Phi) is 3.64. The predicted molar refractivity (Wildman–Crippen MR) is 79.0 cm³/mol. The van der Waals surface area contributed by atoms with Crippen molar-refractivity contribution < 1.29 is 14.3 Å². The lowest BCUT2D eigenvalue weighted by Gasteiger charge is -2.21. The van der Waals surface area contributed by atoms with Gasteiger partial charge < -0.3 is 14.6 Å². The maximum atomic E-state index is 12.8. The molecular formula is C16H18N2O3.